The van der Waals surface area contributed by atoms with Crippen LogP contribution in [0.4, 0.5) is 0 Å². The zero-order valence-electron chi connectivity index (χ0n) is 11.1. The maximum absolute atomic E-state index is 11.9. The van der Waals surface area contributed by atoms with E-state index in [-0.39, 0.29) is 0 Å². The van der Waals surface area contributed by atoms with Crippen molar-refractivity contribution in [1.29, 1.82) is 0 Å². The number of hydrogen-bond donors (Lipinski definition) is 1. The van der Waals surface area contributed by atoms with Crippen LogP contribution < -0.4 is 0 Å². The zero-order valence-corrected chi connectivity index (χ0v) is 12.7. The van der Waals surface area contributed by atoms with Crippen molar-refractivity contribution in [3.8, 4) is 0 Å². The Morgan fingerprint density at radius 2 is 2.05 bits per heavy atom. The summed E-state index contributed by atoms with van der Waals surface area (Å²) in [7, 11) is 1.36. The molecule has 2 heterocycles. The summed E-state index contributed by atoms with van der Waals surface area (Å²) < 4.78 is 4.83. The summed E-state index contributed by atoms with van der Waals surface area (Å²) in [6.07, 6.45) is 1.68. The Balaban J connectivity index is 2.10. The molecule has 0 aliphatic rings. The molecule has 1 N–H and O–H groups in total. The van der Waals surface area contributed by atoms with E-state index in [0.29, 0.717) is 16.4 Å². The highest BCUT2D eigenvalue weighted by Crippen LogP contribution is 2.36. The molecule has 0 spiro atoms. The van der Waals surface area contributed by atoms with Gasteiger partial charge in [0.15, 0.2) is 0 Å². The average Bonchev–Trinajstić information content (AvgIpc) is 2.88. The van der Waals surface area contributed by atoms with Crippen molar-refractivity contribution >= 4 is 40.4 Å². The first-order valence-corrected chi connectivity index (χ1v) is 7.37. The molecular weight excluding hydrogens is 308 g/mol. The number of H-pyrrole nitrogens is 1. The van der Waals surface area contributed by atoms with Crippen LogP contribution in [0.1, 0.15) is 10.5 Å². The number of rotatable bonds is 3. The summed E-state index contributed by atoms with van der Waals surface area (Å²) in [5, 5.41) is 1.56. The van der Waals surface area contributed by atoms with Gasteiger partial charge in [0.1, 0.15) is 11.3 Å². The van der Waals surface area contributed by atoms with Crippen molar-refractivity contribution < 1.29 is 9.53 Å². The zero-order chi connectivity index (χ0) is 14.8. The standard InChI is InChI=1S/C15H11ClN2O2S/c1-20-15(19)12-13(11-3-2-8-17-14(11)18-12)21-10-6-4-9(16)5-7-10/h2-8H,1H3,(H,17,18). The molecular formula is C15H11ClN2O2S. The van der Waals surface area contributed by atoms with Gasteiger partial charge in [-0.15, -0.1) is 0 Å². The van der Waals surface area contributed by atoms with E-state index in [0.717, 1.165) is 15.2 Å². The van der Waals surface area contributed by atoms with Gasteiger partial charge < -0.3 is 9.72 Å². The summed E-state index contributed by atoms with van der Waals surface area (Å²) in [5.41, 5.74) is 1.07. The van der Waals surface area contributed by atoms with Crippen molar-refractivity contribution in [3.63, 3.8) is 0 Å². The largest absolute Gasteiger partial charge is 0.464 e. The normalized spacial score (nSPS) is 10.8. The van der Waals surface area contributed by atoms with Crippen LogP contribution >= 0.6 is 23.4 Å². The second kappa shape index (κ2) is 5.79. The maximum atomic E-state index is 11.9. The third kappa shape index (κ3) is 2.75. The van der Waals surface area contributed by atoms with Crippen molar-refractivity contribution in [1.82, 2.24) is 9.97 Å². The minimum absolute atomic E-state index is 0.408. The second-order valence-electron chi connectivity index (χ2n) is 4.28. The fraction of sp³-hybridized carbons (Fsp3) is 0.0667. The molecule has 0 aliphatic heterocycles. The van der Waals surface area contributed by atoms with E-state index in [1.165, 1.54) is 18.9 Å². The molecule has 3 aromatic rings. The van der Waals surface area contributed by atoms with Gasteiger partial charge in [-0.3, -0.25) is 0 Å². The lowest BCUT2D eigenvalue weighted by molar-refractivity contribution is 0.0591. The van der Waals surface area contributed by atoms with Gasteiger partial charge >= 0.3 is 5.97 Å². The van der Waals surface area contributed by atoms with E-state index in [1.807, 2.05) is 36.4 Å². The van der Waals surface area contributed by atoms with Crippen molar-refractivity contribution in [3.05, 3.63) is 53.3 Å². The van der Waals surface area contributed by atoms with E-state index in [9.17, 15) is 4.79 Å². The smallest absolute Gasteiger partial charge is 0.355 e. The lowest BCUT2D eigenvalue weighted by atomic mass is 10.3. The van der Waals surface area contributed by atoms with Crippen LogP contribution in [-0.4, -0.2) is 23.0 Å². The van der Waals surface area contributed by atoms with Crippen LogP contribution in [0.5, 0.6) is 0 Å². The van der Waals surface area contributed by atoms with Crippen molar-refractivity contribution in [2.75, 3.05) is 7.11 Å². The Morgan fingerprint density at radius 1 is 1.29 bits per heavy atom. The van der Waals surface area contributed by atoms with E-state index in [4.69, 9.17) is 16.3 Å². The fourth-order valence-electron chi connectivity index (χ4n) is 1.97. The SMILES string of the molecule is COC(=O)c1[nH]c2ncccc2c1Sc1ccc(Cl)cc1. The number of carbonyl (C=O) groups is 1. The van der Waals surface area contributed by atoms with Gasteiger partial charge in [0.25, 0.3) is 0 Å². The molecule has 0 unspecified atom stereocenters. The molecule has 0 aliphatic carbocycles. The Hall–Kier alpha value is -1.98. The predicted molar refractivity (Wildman–Crippen MR) is 83.0 cm³/mol. The predicted octanol–water partition coefficient (Wildman–Crippen LogP) is 4.15. The number of nitrogens with one attached hydrogen (secondary N) is 1. The Kier molecular flexibility index (Phi) is 3.86. The Morgan fingerprint density at radius 3 is 2.76 bits per heavy atom. The summed E-state index contributed by atoms with van der Waals surface area (Å²) in [6.45, 7) is 0. The molecule has 21 heavy (non-hydrogen) atoms. The lowest BCUT2D eigenvalue weighted by Crippen LogP contribution is -2.02. The second-order valence-corrected chi connectivity index (χ2v) is 5.80. The molecule has 3 rings (SSSR count). The number of hydrogen-bond acceptors (Lipinski definition) is 4. The number of pyridine rings is 1. The van der Waals surface area contributed by atoms with Crippen LogP contribution in [0.25, 0.3) is 11.0 Å². The van der Waals surface area contributed by atoms with Crippen LogP contribution in [0, 0.1) is 0 Å². The first-order chi connectivity index (χ1) is 10.2. The van der Waals surface area contributed by atoms with E-state index in [1.54, 1.807) is 6.20 Å². The van der Waals surface area contributed by atoms with Gasteiger partial charge in [0, 0.05) is 21.5 Å². The highest BCUT2D eigenvalue weighted by molar-refractivity contribution is 7.99. The Bertz CT molecular complexity index is 799. The molecule has 0 saturated heterocycles. The van der Waals surface area contributed by atoms with Crippen LogP contribution in [0.2, 0.25) is 5.02 Å². The fourth-order valence-corrected chi connectivity index (χ4v) is 3.12. The number of methoxy groups -OCH3 is 1. The molecule has 0 atom stereocenters. The van der Waals surface area contributed by atoms with Crippen LogP contribution in [0.15, 0.2) is 52.4 Å². The average molecular weight is 319 g/mol. The van der Waals surface area contributed by atoms with Crippen molar-refractivity contribution in [2.24, 2.45) is 0 Å². The maximum Gasteiger partial charge on any atom is 0.355 e. The number of carbonyl (C=O) groups excluding carboxylic acids is 1. The van der Waals surface area contributed by atoms with E-state index < -0.39 is 5.97 Å². The monoisotopic (exact) mass is 318 g/mol. The molecule has 106 valence electrons. The molecule has 6 heteroatoms. The van der Waals surface area contributed by atoms with Gasteiger partial charge in [0.2, 0.25) is 0 Å². The first kappa shape index (κ1) is 14.0. The van der Waals surface area contributed by atoms with Crippen LogP contribution in [-0.2, 0) is 4.74 Å². The number of nitrogens with zero attached hydrogens (tertiary/aromatic N) is 1. The molecule has 0 amide bonds. The van der Waals surface area contributed by atoms with Crippen LogP contribution in [0.3, 0.4) is 0 Å². The molecule has 4 nitrogen and oxygen atoms in total. The Labute approximate surface area is 130 Å². The van der Waals surface area contributed by atoms with E-state index >= 15 is 0 Å². The summed E-state index contributed by atoms with van der Waals surface area (Å²) in [5.74, 6) is -0.413. The number of aromatic amines is 1. The molecule has 1 aromatic carbocycles. The summed E-state index contributed by atoms with van der Waals surface area (Å²) >= 11 is 7.37. The van der Waals surface area contributed by atoms with Gasteiger partial charge in [-0.1, -0.05) is 23.4 Å². The summed E-state index contributed by atoms with van der Waals surface area (Å²) in [6, 6.07) is 11.2. The minimum Gasteiger partial charge on any atom is -0.464 e. The third-order valence-electron chi connectivity index (χ3n) is 2.95. The number of fused-ring (bicyclic) bond motifs is 1. The highest BCUT2D eigenvalue weighted by atomic mass is 35.5. The topological polar surface area (TPSA) is 55.0 Å². The van der Waals surface area contributed by atoms with Gasteiger partial charge in [0.05, 0.1) is 12.0 Å². The molecule has 0 saturated carbocycles. The quantitative estimate of drug-likeness (QED) is 0.737. The molecule has 2 aromatic heterocycles. The lowest BCUT2D eigenvalue weighted by Gasteiger charge is -2.03. The number of benzene rings is 1. The molecule has 0 radical (unpaired) electrons. The van der Waals surface area contributed by atoms with Crippen molar-refractivity contribution in [2.45, 2.75) is 9.79 Å². The highest BCUT2D eigenvalue weighted by Gasteiger charge is 2.19. The molecule has 0 fully saturated rings. The third-order valence-corrected chi connectivity index (χ3v) is 4.33. The number of halogens is 1. The van der Waals surface area contributed by atoms with Gasteiger partial charge in [-0.25, -0.2) is 9.78 Å². The van der Waals surface area contributed by atoms with Gasteiger partial charge in [-0.2, -0.15) is 0 Å². The molecule has 0 bridgehead atoms. The summed E-state index contributed by atoms with van der Waals surface area (Å²) in [4.78, 5) is 21.0. The number of aromatic nitrogens is 2. The first-order valence-electron chi connectivity index (χ1n) is 6.17. The number of esters is 1. The number of ether oxygens (including phenoxy) is 1. The van der Waals surface area contributed by atoms with Gasteiger partial charge in [-0.05, 0) is 36.4 Å². The minimum atomic E-state index is -0.413. The van der Waals surface area contributed by atoms with E-state index in [2.05, 4.69) is 9.97 Å².